The molecule has 5 aliphatic rings. The Morgan fingerprint density at radius 1 is 0.364 bits per heavy atom. The molecule has 0 spiro atoms. The van der Waals surface area contributed by atoms with E-state index in [-0.39, 0.29) is 0 Å². The summed E-state index contributed by atoms with van der Waals surface area (Å²) in [6.07, 6.45) is -29.7. The van der Waals surface area contributed by atoms with E-state index in [1.54, 1.807) is 0 Å². The predicted molar refractivity (Wildman–Crippen MR) is 131 cm³/mol. The van der Waals surface area contributed by atoms with Gasteiger partial charge in [-0.05, 0) is 0 Å². The van der Waals surface area contributed by atoms with Crippen LogP contribution in [0.1, 0.15) is 0 Å². The Morgan fingerprint density at radius 2 is 0.795 bits per heavy atom. The Kier molecular flexibility index (Phi) is 11.1. The lowest BCUT2D eigenvalue weighted by atomic mass is 9.96. The van der Waals surface area contributed by atoms with E-state index >= 15 is 0 Å². The summed E-state index contributed by atoms with van der Waals surface area (Å²) in [5.74, 6) is 0. The zero-order valence-corrected chi connectivity index (χ0v) is 23.0. The molecule has 5 heterocycles. The van der Waals surface area contributed by atoms with Crippen molar-refractivity contribution in [2.75, 3.05) is 26.4 Å². The van der Waals surface area contributed by atoms with E-state index in [0.717, 1.165) is 0 Å². The summed E-state index contributed by atoms with van der Waals surface area (Å²) in [6.45, 7) is -2.90. The first kappa shape index (κ1) is 34.5. The van der Waals surface area contributed by atoms with E-state index in [1.807, 2.05) is 0 Å². The molecule has 0 bridgehead atoms. The SMILES string of the molecule is OC[C@H]1O[C@H](O[C@H]2[C@@H]3O[C@@H]3[C@@H](O[C@H]3[C@H](O)[C@@H](O)[C@@H](O[C@H]4[C@H](O)[C@@H](O)[C@@H](O)O[C@@H]4CO)O[C@@H]3CO)O[C@@H]2CO)[C@H](O)[C@@H](O)[C@@H]1O. The lowest BCUT2D eigenvalue weighted by molar-refractivity contribution is -0.370. The van der Waals surface area contributed by atoms with Crippen LogP contribution in [0.5, 0.6) is 0 Å². The third-order valence-corrected chi connectivity index (χ3v) is 8.39. The van der Waals surface area contributed by atoms with Crippen LogP contribution < -0.4 is 0 Å². The van der Waals surface area contributed by atoms with Crippen molar-refractivity contribution < 1.29 is 99.2 Å². The van der Waals surface area contributed by atoms with Crippen molar-refractivity contribution in [2.45, 2.75) is 123 Å². The summed E-state index contributed by atoms with van der Waals surface area (Å²) in [7, 11) is 0. The quantitative estimate of drug-likeness (QED) is 0.0978. The van der Waals surface area contributed by atoms with E-state index in [1.165, 1.54) is 0 Å². The molecule has 5 aliphatic heterocycles. The number of epoxide rings is 1. The molecule has 0 aromatic rings. The molecule has 44 heavy (non-hydrogen) atoms. The van der Waals surface area contributed by atoms with Crippen LogP contribution in [-0.4, -0.2) is 211 Å². The molecule has 5 saturated heterocycles. The second kappa shape index (κ2) is 14.1. The number of ether oxygens (including phenoxy) is 8. The van der Waals surface area contributed by atoms with Gasteiger partial charge >= 0.3 is 0 Å². The van der Waals surface area contributed by atoms with Gasteiger partial charge in [-0.15, -0.1) is 0 Å². The van der Waals surface area contributed by atoms with Crippen molar-refractivity contribution in [3.63, 3.8) is 0 Å². The van der Waals surface area contributed by atoms with Gasteiger partial charge < -0.3 is 99.2 Å². The fraction of sp³-hybridized carbons (Fsp3) is 1.00. The van der Waals surface area contributed by atoms with Crippen LogP contribution in [0.15, 0.2) is 0 Å². The topological polar surface area (TPSA) is 320 Å². The summed E-state index contributed by atoms with van der Waals surface area (Å²) in [6, 6.07) is 0. The van der Waals surface area contributed by atoms with Crippen molar-refractivity contribution in [3.05, 3.63) is 0 Å². The van der Waals surface area contributed by atoms with Crippen molar-refractivity contribution in [1.82, 2.24) is 0 Å². The Hall–Kier alpha value is -0.800. The number of rotatable bonds is 10. The van der Waals surface area contributed by atoms with E-state index < -0.39 is 149 Å². The first-order valence-corrected chi connectivity index (χ1v) is 14.1. The van der Waals surface area contributed by atoms with E-state index in [2.05, 4.69) is 0 Å². The van der Waals surface area contributed by atoms with Crippen molar-refractivity contribution >= 4 is 0 Å². The Labute approximate surface area is 249 Å². The highest BCUT2D eigenvalue weighted by atomic mass is 16.8. The maximum atomic E-state index is 10.9. The molecule has 0 saturated carbocycles. The highest BCUT2D eigenvalue weighted by molar-refractivity contribution is 5.04. The fourth-order valence-corrected chi connectivity index (χ4v) is 5.79. The molecule has 5 rings (SSSR count). The summed E-state index contributed by atoms with van der Waals surface area (Å²) in [5, 5.41) is 121. The fourth-order valence-electron chi connectivity index (χ4n) is 5.79. The molecular weight excluding hydrogens is 608 g/mol. The summed E-state index contributed by atoms with van der Waals surface area (Å²) in [4.78, 5) is 0. The minimum atomic E-state index is -1.88. The number of hydrogen-bond acceptors (Lipinski definition) is 20. The second-order valence-corrected chi connectivity index (χ2v) is 11.2. The van der Waals surface area contributed by atoms with Gasteiger partial charge in [-0.1, -0.05) is 0 Å². The number of aliphatic hydroxyl groups excluding tert-OH is 12. The lowest BCUT2D eigenvalue weighted by Crippen LogP contribution is -2.65. The van der Waals surface area contributed by atoms with Gasteiger partial charge in [0.15, 0.2) is 25.2 Å². The third-order valence-electron chi connectivity index (χ3n) is 8.39. The predicted octanol–water partition coefficient (Wildman–Crippen LogP) is -8.70. The standard InChI is InChI=1S/C24H40O20/c25-1-5-9(29)10(30)14(34)22(38-5)44-18-8(4-28)40-24(20-19(18)41-20)43-17-7(3-27)39-23(15(35)12(17)32)42-16-6(2-26)37-21(36)13(33)11(16)31/h5-36H,1-4H2/t5-,6-,7-,8-,9-,10+,11-,12-,13-,14-,15-,16-,17-,18-,19+,20+,21+,22-,23-,24-/m1/s1. The normalized spacial score (nSPS) is 54.5. The van der Waals surface area contributed by atoms with Gasteiger partial charge in [0.25, 0.3) is 0 Å². The molecule has 0 radical (unpaired) electrons. The average Bonchev–Trinajstić information content (AvgIpc) is 3.83. The van der Waals surface area contributed by atoms with Gasteiger partial charge in [-0.25, -0.2) is 0 Å². The second-order valence-electron chi connectivity index (χ2n) is 11.2. The Morgan fingerprint density at radius 3 is 1.39 bits per heavy atom. The van der Waals surface area contributed by atoms with Crippen LogP contribution >= 0.6 is 0 Å². The molecule has 0 unspecified atom stereocenters. The highest BCUT2D eigenvalue weighted by Crippen LogP contribution is 2.42. The Bertz CT molecular complexity index is 926. The molecule has 20 atom stereocenters. The largest absolute Gasteiger partial charge is 0.394 e. The maximum absolute atomic E-state index is 10.9. The van der Waals surface area contributed by atoms with Gasteiger partial charge in [0.05, 0.1) is 26.4 Å². The molecule has 256 valence electrons. The Balaban J connectivity index is 1.22. The first-order chi connectivity index (χ1) is 20.9. The molecule has 20 nitrogen and oxygen atoms in total. The van der Waals surface area contributed by atoms with Crippen LogP contribution in [-0.2, 0) is 37.9 Å². The molecule has 5 fully saturated rings. The van der Waals surface area contributed by atoms with Gasteiger partial charge in [0.1, 0.15) is 97.7 Å². The molecule has 12 N–H and O–H groups in total. The van der Waals surface area contributed by atoms with E-state index in [9.17, 15) is 61.3 Å². The zero-order valence-electron chi connectivity index (χ0n) is 23.0. The smallest absolute Gasteiger partial charge is 0.187 e. The first-order valence-electron chi connectivity index (χ1n) is 14.1. The summed E-state index contributed by atoms with van der Waals surface area (Å²) >= 11 is 0. The highest BCUT2D eigenvalue weighted by Gasteiger charge is 2.62. The molecule has 0 amide bonds. The minimum absolute atomic E-state index is 0.668. The van der Waals surface area contributed by atoms with Crippen molar-refractivity contribution in [3.8, 4) is 0 Å². The van der Waals surface area contributed by atoms with Crippen LogP contribution in [0.25, 0.3) is 0 Å². The van der Waals surface area contributed by atoms with E-state index in [4.69, 9.17) is 37.9 Å². The average molecular weight is 649 g/mol. The minimum Gasteiger partial charge on any atom is -0.394 e. The molecule has 0 aliphatic carbocycles. The number of hydrogen-bond donors (Lipinski definition) is 12. The van der Waals surface area contributed by atoms with Crippen LogP contribution in [0.3, 0.4) is 0 Å². The lowest BCUT2D eigenvalue weighted by Gasteiger charge is -2.47. The van der Waals surface area contributed by atoms with Crippen molar-refractivity contribution in [2.24, 2.45) is 0 Å². The monoisotopic (exact) mass is 648 g/mol. The molecule has 0 aromatic carbocycles. The molecule has 0 aromatic heterocycles. The van der Waals surface area contributed by atoms with Crippen LogP contribution in [0.4, 0.5) is 0 Å². The van der Waals surface area contributed by atoms with Gasteiger partial charge in [0.2, 0.25) is 0 Å². The molecular formula is C24H40O20. The maximum Gasteiger partial charge on any atom is 0.187 e. The third kappa shape index (κ3) is 6.50. The summed E-state index contributed by atoms with van der Waals surface area (Å²) < 4.78 is 44.4. The molecule has 20 heteroatoms. The number of aliphatic hydroxyl groups is 12. The van der Waals surface area contributed by atoms with Gasteiger partial charge in [-0.3, -0.25) is 0 Å². The van der Waals surface area contributed by atoms with E-state index in [0.29, 0.717) is 0 Å². The zero-order chi connectivity index (χ0) is 32.0. The van der Waals surface area contributed by atoms with Gasteiger partial charge in [-0.2, -0.15) is 0 Å². The number of fused-ring (bicyclic) bond motifs is 1. The van der Waals surface area contributed by atoms with Gasteiger partial charge in [0, 0.05) is 0 Å². The van der Waals surface area contributed by atoms with Crippen LogP contribution in [0, 0.1) is 0 Å². The summed E-state index contributed by atoms with van der Waals surface area (Å²) in [5.41, 5.74) is 0. The van der Waals surface area contributed by atoms with Crippen molar-refractivity contribution in [1.29, 1.82) is 0 Å². The van der Waals surface area contributed by atoms with Crippen LogP contribution in [0.2, 0.25) is 0 Å².